The molecule has 3 aromatic rings. The number of amides is 1. The molecule has 0 radical (unpaired) electrons. The number of nitrogens with zero attached hydrogens (tertiary/aromatic N) is 4. The van der Waals surface area contributed by atoms with Crippen LogP contribution in [0.15, 0.2) is 18.3 Å². The summed E-state index contributed by atoms with van der Waals surface area (Å²) >= 11 is 12.6. The lowest BCUT2D eigenvalue weighted by atomic mass is 9.85. The highest BCUT2D eigenvalue weighted by atomic mass is 35.5. The van der Waals surface area contributed by atoms with Gasteiger partial charge in [0, 0.05) is 18.0 Å². The summed E-state index contributed by atoms with van der Waals surface area (Å²) in [6.45, 7) is 0. The number of carbonyl (C=O) groups excluding carboxylic acids is 1. The monoisotopic (exact) mass is 535 g/mol. The van der Waals surface area contributed by atoms with Crippen LogP contribution >= 0.6 is 23.2 Å². The summed E-state index contributed by atoms with van der Waals surface area (Å²) in [4.78, 5) is 25.6. The Morgan fingerprint density at radius 1 is 1.11 bits per heavy atom. The van der Waals surface area contributed by atoms with E-state index in [4.69, 9.17) is 38.9 Å². The molecule has 12 heteroatoms. The zero-order chi connectivity index (χ0) is 25.4. The number of nitrogens with two attached hydrogens (primary N) is 1. The molecule has 1 amide bonds. The molecule has 0 unspecified atom stereocenters. The molecule has 2 heterocycles. The Kier molecular flexibility index (Phi) is 7.18. The number of nitrogens with one attached hydrogen (secondary N) is 2. The average Bonchev–Trinajstić information content (AvgIpc) is 3.18. The number of benzene rings is 1. The molecule has 0 bridgehead atoms. The van der Waals surface area contributed by atoms with Crippen LogP contribution in [-0.4, -0.2) is 42.7 Å². The lowest BCUT2D eigenvalue weighted by Crippen LogP contribution is -2.30. The average molecular weight is 536 g/mol. The summed E-state index contributed by atoms with van der Waals surface area (Å²) in [6.07, 6.45) is 7.38. The lowest BCUT2D eigenvalue weighted by molar-refractivity contribution is -0.122. The first-order valence-corrected chi connectivity index (χ1v) is 12.9. The molecule has 1 aromatic carbocycles. The lowest BCUT2D eigenvalue weighted by Gasteiger charge is -2.29. The number of imidazole rings is 1. The summed E-state index contributed by atoms with van der Waals surface area (Å²) in [5.41, 5.74) is 7.06. The Balaban J connectivity index is 1.51. The first-order chi connectivity index (χ1) is 17.3. The van der Waals surface area contributed by atoms with Crippen molar-refractivity contribution in [1.82, 2.24) is 19.5 Å². The van der Waals surface area contributed by atoms with Crippen molar-refractivity contribution in [2.75, 3.05) is 10.6 Å². The molecule has 0 spiro atoms. The Morgan fingerprint density at radius 3 is 2.50 bits per heavy atom. The summed E-state index contributed by atoms with van der Waals surface area (Å²) in [7, 11) is 0. The largest absolute Gasteiger partial charge is 0.393 e. The minimum absolute atomic E-state index is 0.00893. The molecule has 192 valence electrons. The van der Waals surface area contributed by atoms with E-state index in [0.717, 1.165) is 19.3 Å². The fourth-order valence-electron chi connectivity index (χ4n) is 5.26. The van der Waals surface area contributed by atoms with Crippen LogP contribution in [0.25, 0.3) is 11.2 Å². The highest BCUT2D eigenvalue weighted by Crippen LogP contribution is 2.39. The molecule has 2 aliphatic rings. The van der Waals surface area contributed by atoms with E-state index in [1.807, 2.05) is 4.57 Å². The van der Waals surface area contributed by atoms with Gasteiger partial charge in [-0.2, -0.15) is 4.98 Å². The second kappa shape index (κ2) is 10.4. The molecular weight excluding hydrogens is 508 g/mol. The molecule has 2 saturated carbocycles. The van der Waals surface area contributed by atoms with Gasteiger partial charge in [0.2, 0.25) is 17.8 Å². The minimum atomic E-state index is -0.539. The maximum absolute atomic E-state index is 13.8. The SMILES string of the molecule is NC(=O)[C@H]1CC[C@H](n2c(Nc3c(Cl)cc(F)cc3Cl)nc3cnc(N[C@@H]4CCC[C@@H](O)C4)nc32)CC1. The number of aliphatic hydroxyl groups is 1. The number of halogens is 3. The van der Waals surface area contributed by atoms with Gasteiger partial charge in [-0.25, -0.2) is 14.4 Å². The second-order valence-electron chi connectivity index (χ2n) is 9.65. The van der Waals surface area contributed by atoms with Crippen molar-refractivity contribution in [2.45, 2.75) is 69.6 Å². The maximum atomic E-state index is 13.8. The Bertz CT molecular complexity index is 1260. The van der Waals surface area contributed by atoms with Crippen molar-refractivity contribution in [3.05, 3.63) is 34.2 Å². The quantitative estimate of drug-likeness (QED) is 0.351. The molecule has 2 fully saturated rings. The smallest absolute Gasteiger partial charge is 0.224 e. The van der Waals surface area contributed by atoms with Gasteiger partial charge in [0.05, 0.1) is 28.0 Å². The number of fused-ring (bicyclic) bond motifs is 1. The Labute approximate surface area is 217 Å². The molecule has 2 atom stereocenters. The van der Waals surface area contributed by atoms with E-state index >= 15 is 0 Å². The van der Waals surface area contributed by atoms with Crippen LogP contribution in [0.5, 0.6) is 0 Å². The van der Waals surface area contributed by atoms with Crippen LogP contribution in [-0.2, 0) is 4.79 Å². The predicted octanol–water partition coefficient (Wildman–Crippen LogP) is 4.95. The third-order valence-electron chi connectivity index (χ3n) is 7.12. The second-order valence-corrected chi connectivity index (χ2v) is 10.5. The summed E-state index contributed by atoms with van der Waals surface area (Å²) < 4.78 is 15.7. The molecule has 0 aliphatic heterocycles. The van der Waals surface area contributed by atoms with Gasteiger partial charge >= 0.3 is 0 Å². The number of aliphatic hydroxyl groups excluding tert-OH is 1. The number of carbonyl (C=O) groups is 1. The van der Waals surface area contributed by atoms with E-state index in [9.17, 15) is 14.3 Å². The molecule has 2 aliphatic carbocycles. The topological polar surface area (TPSA) is 131 Å². The number of rotatable bonds is 6. The highest BCUT2D eigenvalue weighted by Gasteiger charge is 2.30. The molecule has 5 rings (SSSR count). The van der Waals surface area contributed by atoms with E-state index in [0.29, 0.717) is 60.9 Å². The van der Waals surface area contributed by atoms with Crippen LogP contribution in [0.3, 0.4) is 0 Å². The van der Waals surface area contributed by atoms with E-state index in [-0.39, 0.29) is 40.1 Å². The fourth-order valence-corrected chi connectivity index (χ4v) is 5.82. The molecule has 5 N–H and O–H groups in total. The van der Waals surface area contributed by atoms with Crippen LogP contribution < -0.4 is 16.4 Å². The summed E-state index contributed by atoms with van der Waals surface area (Å²) in [5.74, 6) is -0.0719. The van der Waals surface area contributed by atoms with Crippen molar-refractivity contribution in [3.63, 3.8) is 0 Å². The molecule has 9 nitrogen and oxygen atoms in total. The van der Waals surface area contributed by atoms with Crippen molar-refractivity contribution < 1.29 is 14.3 Å². The Morgan fingerprint density at radius 2 is 1.83 bits per heavy atom. The van der Waals surface area contributed by atoms with Gasteiger partial charge in [0.1, 0.15) is 11.3 Å². The van der Waals surface area contributed by atoms with Gasteiger partial charge in [-0.15, -0.1) is 0 Å². The maximum Gasteiger partial charge on any atom is 0.224 e. The number of hydrogen-bond donors (Lipinski definition) is 4. The minimum Gasteiger partial charge on any atom is -0.393 e. The normalized spacial score (nSPS) is 24.6. The Hall–Kier alpha value is -2.69. The number of aromatic nitrogens is 4. The van der Waals surface area contributed by atoms with Crippen molar-refractivity contribution >= 4 is 57.9 Å². The zero-order valence-corrected chi connectivity index (χ0v) is 21.1. The summed E-state index contributed by atoms with van der Waals surface area (Å²) in [5, 5.41) is 16.8. The first kappa shape index (κ1) is 25.0. The molecule has 2 aromatic heterocycles. The fraction of sp³-hybridized carbons (Fsp3) is 0.500. The van der Waals surface area contributed by atoms with Crippen molar-refractivity contribution in [2.24, 2.45) is 11.7 Å². The van der Waals surface area contributed by atoms with Crippen LogP contribution in [0.1, 0.15) is 57.4 Å². The van der Waals surface area contributed by atoms with Crippen molar-refractivity contribution in [1.29, 1.82) is 0 Å². The molecular formula is C24H28Cl2FN7O2. The highest BCUT2D eigenvalue weighted by molar-refractivity contribution is 6.39. The third kappa shape index (κ3) is 5.21. The summed E-state index contributed by atoms with van der Waals surface area (Å²) in [6, 6.07) is 2.44. The van der Waals surface area contributed by atoms with E-state index in [2.05, 4.69) is 15.6 Å². The van der Waals surface area contributed by atoms with Crippen LogP contribution in [0.2, 0.25) is 10.0 Å². The van der Waals surface area contributed by atoms with E-state index < -0.39 is 5.82 Å². The van der Waals surface area contributed by atoms with Gasteiger partial charge in [-0.05, 0) is 63.5 Å². The van der Waals surface area contributed by atoms with Crippen LogP contribution in [0, 0.1) is 11.7 Å². The van der Waals surface area contributed by atoms with E-state index in [1.54, 1.807) is 6.20 Å². The molecule has 0 saturated heterocycles. The van der Waals surface area contributed by atoms with Gasteiger partial charge < -0.3 is 21.5 Å². The van der Waals surface area contributed by atoms with Gasteiger partial charge in [0.25, 0.3) is 0 Å². The van der Waals surface area contributed by atoms with Gasteiger partial charge in [-0.3, -0.25) is 9.36 Å². The van der Waals surface area contributed by atoms with Gasteiger partial charge in [0.15, 0.2) is 5.65 Å². The predicted molar refractivity (Wildman–Crippen MR) is 137 cm³/mol. The van der Waals surface area contributed by atoms with Crippen LogP contribution in [0.4, 0.5) is 22.0 Å². The number of hydrogen-bond acceptors (Lipinski definition) is 7. The van der Waals surface area contributed by atoms with Crippen molar-refractivity contribution in [3.8, 4) is 0 Å². The standard InChI is InChI=1S/C24H28Cl2FN7O2/c25-17-8-13(27)9-18(26)20(17)32-24-31-19-11-29-23(30-14-2-1-3-16(35)10-14)33-22(19)34(24)15-6-4-12(5-7-15)21(28)36/h8-9,11-12,14-16,35H,1-7,10H2,(H2,28,36)(H,31,32)(H,29,30,33)/t12-,14-,15-,16-/m1/s1. The number of primary amides is 1. The van der Waals surface area contributed by atoms with Gasteiger partial charge in [-0.1, -0.05) is 23.2 Å². The molecule has 36 heavy (non-hydrogen) atoms. The first-order valence-electron chi connectivity index (χ1n) is 12.2. The number of anilines is 3. The third-order valence-corrected chi connectivity index (χ3v) is 7.72. The van der Waals surface area contributed by atoms with E-state index in [1.165, 1.54) is 12.1 Å². The zero-order valence-electron chi connectivity index (χ0n) is 19.6.